The Balaban J connectivity index is 1.73. The highest BCUT2D eigenvalue weighted by atomic mass is 19.1. The molecule has 1 aliphatic heterocycles. The number of aromatic amines is 1. The summed E-state index contributed by atoms with van der Waals surface area (Å²) >= 11 is 0. The largest absolute Gasteiger partial charge is 0.360 e. The highest BCUT2D eigenvalue weighted by Crippen LogP contribution is 2.37. The summed E-state index contributed by atoms with van der Waals surface area (Å²) in [4.78, 5) is 20.5. The molecule has 2 atom stereocenters. The van der Waals surface area contributed by atoms with E-state index in [9.17, 15) is 9.18 Å². The highest BCUT2D eigenvalue weighted by Gasteiger charge is 2.49. The van der Waals surface area contributed by atoms with Crippen LogP contribution in [0.1, 0.15) is 21.5 Å². The van der Waals surface area contributed by atoms with Gasteiger partial charge in [0.15, 0.2) is 0 Å². The Bertz CT molecular complexity index is 1040. The molecule has 3 N–H and O–H groups in total. The minimum absolute atomic E-state index is 0.0844. The van der Waals surface area contributed by atoms with Crippen molar-refractivity contribution >= 4 is 16.8 Å². The Morgan fingerprint density at radius 1 is 1.28 bits per heavy atom. The first kappa shape index (κ1) is 19.6. The van der Waals surface area contributed by atoms with Crippen LogP contribution in [0.2, 0.25) is 0 Å². The SMILES string of the molecule is Cc1ccc(C2(CN)CN(C(=O)c3c[nH]c4ccc(F)cc34)CC2N(C)C)cc1. The minimum Gasteiger partial charge on any atom is -0.360 e. The average Bonchev–Trinajstić information content (AvgIpc) is 3.30. The Morgan fingerprint density at radius 3 is 2.66 bits per heavy atom. The van der Waals surface area contributed by atoms with Gasteiger partial charge in [0.1, 0.15) is 5.82 Å². The summed E-state index contributed by atoms with van der Waals surface area (Å²) in [5.74, 6) is -0.453. The topological polar surface area (TPSA) is 65.4 Å². The van der Waals surface area contributed by atoms with E-state index >= 15 is 0 Å². The van der Waals surface area contributed by atoms with Crippen LogP contribution in [-0.2, 0) is 5.41 Å². The first-order chi connectivity index (χ1) is 13.9. The maximum atomic E-state index is 13.8. The molecule has 4 rings (SSSR count). The number of amides is 1. The van der Waals surface area contributed by atoms with Gasteiger partial charge in [-0.15, -0.1) is 0 Å². The number of likely N-dealkylation sites (N-methyl/N-ethyl adjacent to an activating group) is 1. The molecule has 0 spiro atoms. The number of hydrogen-bond donors (Lipinski definition) is 2. The lowest BCUT2D eigenvalue weighted by atomic mass is 9.75. The van der Waals surface area contributed by atoms with E-state index in [-0.39, 0.29) is 23.2 Å². The first-order valence-electron chi connectivity index (χ1n) is 9.85. The number of nitrogens with zero attached hydrogens (tertiary/aromatic N) is 2. The number of halogens is 1. The van der Waals surface area contributed by atoms with E-state index in [1.807, 2.05) is 19.0 Å². The molecule has 152 valence electrons. The molecule has 2 aromatic carbocycles. The first-order valence-corrected chi connectivity index (χ1v) is 9.85. The number of rotatable bonds is 4. The quantitative estimate of drug-likeness (QED) is 0.715. The molecule has 3 aromatic rings. The molecule has 6 heteroatoms. The Hall–Kier alpha value is -2.70. The van der Waals surface area contributed by atoms with Gasteiger partial charge >= 0.3 is 0 Å². The molecule has 0 radical (unpaired) electrons. The molecule has 1 fully saturated rings. The average molecular weight is 394 g/mol. The summed E-state index contributed by atoms with van der Waals surface area (Å²) in [5, 5.41) is 0.608. The number of carbonyl (C=O) groups is 1. The van der Waals surface area contributed by atoms with Gasteiger partial charge in [0.05, 0.1) is 5.56 Å². The number of fused-ring (bicyclic) bond motifs is 1. The molecular weight excluding hydrogens is 367 g/mol. The van der Waals surface area contributed by atoms with E-state index in [0.29, 0.717) is 30.6 Å². The predicted octanol–water partition coefficient (Wildman–Crippen LogP) is 2.90. The van der Waals surface area contributed by atoms with Crippen LogP contribution in [0.15, 0.2) is 48.7 Å². The van der Waals surface area contributed by atoms with Crippen LogP contribution in [0.4, 0.5) is 4.39 Å². The van der Waals surface area contributed by atoms with Gasteiger partial charge < -0.3 is 20.5 Å². The molecule has 1 aromatic heterocycles. The van der Waals surface area contributed by atoms with Gasteiger partial charge in [0.25, 0.3) is 5.91 Å². The maximum absolute atomic E-state index is 13.8. The predicted molar refractivity (Wildman–Crippen MR) is 114 cm³/mol. The fourth-order valence-electron chi connectivity index (χ4n) is 4.63. The van der Waals surface area contributed by atoms with Gasteiger partial charge in [0.2, 0.25) is 0 Å². The summed E-state index contributed by atoms with van der Waals surface area (Å²) < 4.78 is 13.8. The minimum atomic E-state index is -0.357. The molecular formula is C23H27FN4O. The van der Waals surface area contributed by atoms with Crippen LogP contribution in [-0.4, -0.2) is 60.5 Å². The van der Waals surface area contributed by atoms with Gasteiger partial charge in [0, 0.05) is 48.2 Å². The second kappa shape index (κ2) is 7.28. The molecule has 5 nitrogen and oxygen atoms in total. The third kappa shape index (κ3) is 3.22. The zero-order valence-electron chi connectivity index (χ0n) is 17.1. The Kier molecular flexibility index (Phi) is 4.92. The molecule has 2 heterocycles. The Labute approximate surface area is 170 Å². The van der Waals surface area contributed by atoms with Crippen molar-refractivity contribution in [2.45, 2.75) is 18.4 Å². The lowest BCUT2D eigenvalue weighted by Crippen LogP contribution is -2.51. The summed E-state index contributed by atoms with van der Waals surface area (Å²) in [6, 6.07) is 13.0. The number of benzene rings is 2. The van der Waals surface area contributed by atoms with Gasteiger partial charge in [-0.25, -0.2) is 4.39 Å². The molecule has 29 heavy (non-hydrogen) atoms. The van der Waals surface area contributed by atoms with E-state index in [1.54, 1.807) is 12.3 Å². The maximum Gasteiger partial charge on any atom is 0.256 e. The number of hydrogen-bond acceptors (Lipinski definition) is 3. The third-order valence-corrected chi connectivity index (χ3v) is 6.28. The molecule has 0 saturated carbocycles. The highest BCUT2D eigenvalue weighted by molar-refractivity contribution is 6.06. The second-order valence-corrected chi connectivity index (χ2v) is 8.28. The van der Waals surface area contributed by atoms with E-state index in [4.69, 9.17) is 5.73 Å². The summed E-state index contributed by atoms with van der Waals surface area (Å²) in [5.41, 5.74) is 9.56. The van der Waals surface area contributed by atoms with Crippen molar-refractivity contribution in [3.63, 3.8) is 0 Å². The lowest BCUT2D eigenvalue weighted by Gasteiger charge is -2.37. The van der Waals surface area contributed by atoms with Crippen molar-refractivity contribution in [1.82, 2.24) is 14.8 Å². The standard InChI is InChI=1S/C23H27FN4O/c1-15-4-6-16(7-5-15)23(13-25)14-28(12-21(23)27(2)3)22(29)19-11-26-20-9-8-17(24)10-18(19)20/h4-11,21,26H,12-14,25H2,1-3H3. The number of H-pyrrole nitrogens is 1. The van der Waals surface area contributed by atoms with Crippen molar-refractivity contribution in [2.75, 3.05) is 33.7 Å². The molecule has 1 amide bonds. The third-order valence-electron chi connectivity index (χ3n) is 6.28. The molecule has 2 unspecified atom stereocenters. The number of aromatic nitrogens is 1. The Morgan fingerprint density at radius 2 is 2.00 bits per heavy atom. The van der Waals surface area contributed by atoms with Crippen LogP contribution >= 0.6 is 0 Å². The van der Waals surface area contributed by atoms with E-state index in [1.165, 1.54) is 17.7 Å². The van der Waals surface area contributed by atoms with Crippen molar-refractivity contribution in [2.24, 2.45) is 5.73 Å². The van der Waals surface area contributed by atoms with Crippen LogP contribution in [0, 0.1) is 12.7 Å². The van der Waals surface area contributed by atoms with Crippen LogP contribution < -0.4 is 5.73 Å². The van der Waals surface area contributed by atoms with Crippen LogP contribution in [0.25, 0.3) is 10.9 Å². The zero-order chi connectivity index (χ0) is 20.8. The van der Waals surface area contributed by atoms with Crippen LogP contribution in [0.3, 0.4) is 0 Å². The molecule has 0 aliphatic carbocycles. The molecule has 1 aliphatic rings. The normalized spacial score (nSPS) is 22.0. The van der Waals surface area contributed by atoms with Crippen LogP contribution in [0.5, 0.6) is 0 Å². The van der Waals surface area contributed by atoms with E-state index < -0.39 is 0 Å². The van der Waals surface area contributed by atoms with Gasteiger partial charge in [-0.1, -0.05) is 29.8 Å². The summed E-state index contributed by atoms with van der Waals surface area (Å²) in [6.07, 6.45) is 1.67. The zero-order valence-corrected chi connectivity index (χ0v) is 17.1. The van der Waals surface area contributed by atoms with Crippen molar-refractivity contribution in [3.8, 4) is 0 Å². The molecule has 0 bridgehead atoms. The summed E-state index contributed by atoms with van der Waals surface area (Å²) in [6.45, 7) is 3.59. The van der Waals surface area contributed by atoms with E-state index in [0.717, 1.165) is 11.1 Å². The van der Waals surface area contributed by atoms with Crippen molar-refractivity contribution in [1.29, 1.82) is 0 Å². The van der Waals surface area contributed by atoms with Crippen molar-refractivity contribution < 1.29 is 9.18 Å². The van der Waals surface area contributed by atoms with Crippen molar-refractivity contribution in [3.05, 3.63) is 71.2 Å². The van der Waals surface area contributed by atoms with Gasteiger partial charge in [-0.3, -0.25) is 4.79 Å². The monoisotopic (exact) mass is 394 g/mol. The van der Waals surface area contributed by atoms with Gasteiger partial charge in [-0.05, 0) is 44.8 Å². The number of carbonyl (C=O) groups excluding carboxylic acids is 1. The second-order valence-electron chi connectivity index (χ2n) is 8.28. The fourth-order valence-corrected chi connectivity index (χ4v) is 4.63. The lowest BCUT2D eigenvalue weighted by molar-refractivity contribution is 0.0781. The van der Waals surface area contributed by atoms with Gasteiger partial charge in [-0.2, -0.15) is 0 Å². The number of nitrogens with one attached hydrogen (secondary N) is 1. The molecule has 1 saturated heterocycles. The summed E-state index contributed by atoms with van der Waals surface area (Å²) in [7, 11) is 4.05. The fraction of sp³-hybridized carbons (Fsp3) is 0.348. The van der Waals surface area contributed by atoms with E-state index in [2.05, 4.69) is 41.1 Å². The number of nitrogens with two attached hydrogens (primary N) is 1. The number of likely N-dealkylation sites (tertiary alicyclic amines) is 1. The smallest absolute Gasteiger partial charge is 0.256 e. The number of aryl methyl sites for hydroxylation is 1.